The van der Waals surface area contributed by atoms with Crippen LogP contribution in [0.25, 0.3) is 0 Å². The molecule has 1 unspecified atom stereocenters. The second kappa shape index (κ2) is 14.1. The van der Waals surface area contributed by atoms with Gasteiger partial charge in [0.2, 0.25) is 5.91 Å². The fourth-order valence-electron chi connectivity index (χ4n) is 3.95. The summed E-state index contributed by atoms with van der Waals surface area (Å²) in [6.45, 7) is 0.478. The highest BCUT2D eigenvalue weighted by Crippen LogP contribution is 2.24. The van der Waals surface area contributed by atoms with Gasteiger partial charge in [-0.25, -0.2) is 9.07 Å². The number of aryl methyl sites for hydroxylation is 1. The molecule has 4 aromatic rings. The van der Waals surface area contributed by atoms with Crippen molar-refractivity contribution in [2.75, 3.05) is 5.32 Å². The van der Waals surface area contributed by atoms with E-state index in [1.54, 1.807) is 6.07 Å². The van der Waals surface area contributed by atoms with E-state index in [4.69, 9.17) is 0 Å². The Kier molecular flexibility index (Phi) is 10.2. The zero-order valence-corrected chi connectivity index (χ0v) is 23.5. The number of anilines is 1. The number of amides is 2. The maximum absolute atomic E-state index is 14.6. The van der Waals surface area contributed by atoms with Crippen LogP contribution in [-0.2, 0) is 30.8 Å². The summed E-state index contributed by atoms with van der Waals surface area (Å²) < 4.78 is 88.8. The zero-order valence-electron chi connectivity index (χ0n) is 23.5. The first-order valence-corrected chi connectivity index (χ1v) is 13.2. The van der Waals surface area contributed by atoms with Crippen molar-refractivity contribution >= 4 is 17.6 Å². The van der Waals surface area contributed by atoms with Crippen molar-refractivity contribution in [3.05, 3.63) is 77.7 Å². The maximum atomic E-state index is 14.6. The molecule has 45 heavy (non-hydrogen) atoms. The molecule has 0 saturated heterocycles. The Bertz CT molecular complexity index is 1600. The molecule has 2 N–H and O–H groups in total. The summed E-state index contributed by atoms with van der Waals surface area (Å²) >= 11 is 0. The molecule has 2 amide bonds. The predicted octanol–water partition coefficient (Wildman–Crippen LogP) is 4.30. The molecule has 2 heterocycles. The third-order valence-electron chi connectivity index (χ3n) is 5.78. The molecule has 0 radical (unpaired) electrons. The highest BCUT2D eigenvalue weighted by molar-refractivity contribution is 5.92. The number of ether oxygens (including phenoxy) is 2. The number of carbonyl (C=O) groups excluding carboxylic acids is 2. The Hall–Kier alpha value is -5.16. The van der Waals surface area contributed by atoms with E-state index in [0.717, 1.165) is 12.1 Å². The van der Waals surface area contributed by atoms with Gasteiger partial charge >= 0.3 is 12.5 Å². The normalized spacial score (nSPS) is 12.4. The van der Waals surface area contributed by atoms with Crippen molar-refractivity contribution in [1.82, 2.24) is 35.3 Å². The monoisotopic (exact) mass is 640 g/mol. The number of hydrogen-bond acceptors (Lipinski definition) is 8. The molecule has 0 fully saturated rings. The Morgan fingerprint density at radius 3 is 2.29 bits per heavy atom. The molecule has 240 valence electrons. The molecule has 1 atom stereocenters. The van der Waals surface area contributed by atoms with E-state index in [0.29, 0.717) is 12.5 Å². The fraction of sp³-hybridized carbons (Fsp3) is 0.333. The molecule has 2 aromatic carbocycles. The van der Waals surface area contributed by atoms with Crippen molar-refractivity contribution in [2.24, 2.45) is 0 Å². The van der Waals surface area contributed by atoms with Gasteiger partial charge in [-0.3, -0.25) is 14.3 Å². The Morgan fingerprint density at radius 1 is 0.911 bits per heavy atom. The third-order valence-corrected chi connectivity index (χ3v) is 5.78. The highest BCUT2D eigenvalue weighted by atomic mass is 19.4. The van der Waals surface area contributed by atoms with E-state index < -0.39 is 36.2 Å². The number of rotatable bonds is 14. The first-order chi connectivity index (χ1) is 21.2. The first-order valence-electron chi connectivity index (χ1n) is 13.2. The van der Waals surface area contributed by atoms with E-state index in [1.165, 1.54) is 52.1 Å². The maximum Gasteiger partial charge on any atom is 0.573 e. The van der Waals surface area contributed by atoms with Crippen molar-refractivity contribution < 1.29 is 45.4 Å². The first kappa shape index (κ1) is 32.7. The summed E-state index contributed by atoms with van der Waals surface area (Å²) in [5.41, 5.74) is 0.744. The Labute approximate surface area is 251 Å². The Morgan fingerprint density at radius 2 is 1.58 bits per heavy atom. The lowest BCUT2D eigenvalue weighted by molar-refractivity contribution is -0.274. The van der Waals surface area contributed by atoms with Crippen LogP contribution in [0.3, 0.4) is 0 Å². The van der Waals surface area contributed by atoms with Crippen LogP contribution in [0, 0.1) is 0 Å². The molecular weight excluding hydrogens is 614 g/mol. The fourth-order valence-corrected chi connectivity index (χ4v) is 3.95. The number of nitrogens with zero attached hydrogens (tertiary/aromatic N) is 6. The van der Waals surface area contributed by atoms with Crippen LogP contribution in [0.4, 0.5) is 32.2 Å². The van der Waals surface area contributed by atoms with Crippen LogP contribution in [0.15, 0.2) is 60.9 Å². The van der Waals surface area contributed by atoms with Crippen LogP contribution in [0.5, 0.6) is 11.5 Å². The van der Waals surface area contributed by atoms with Crippen molar-refractivity contribution in [3.63, 3.8) is 0 Å². The van der Waals surface area contributed by atoms with Crippen LogP contribution >= 0.6 is 0 Å². The minimum Gasteiger partial charge on any atom is -0.433 e. The molecule has 0 aliphatic rings. The highest BCUT2D eigenvalue weighted by Gasteiger charge is 2.31. The largest absolute Gasteiger partial charge is 0.573 e. The van der Waals surface area contributed by atoms with Gasteiger partial charge in [-0.1, -0.05) is 34.7 Å². The van der Waals surface area contributed by atoms with Gasteiger partial charge in [0.1, 0.15) is 17.7 Å². The molecular formula is C27H26F6N8O4. The van der Waals surface area contributed by atoms with Crippen molar-refractivity contribution in [2.45, 2.75) is 58.0 Å². The van der Waals surface area contributed by atoms with E-state index in [1.807, 2.05) is 0 Å². The van der Waals surface area contributed by atoms with Gasteiger partial charge in [-0.2, -0.15) is 8.78 Å². The van der Waals surface area contributed by atoms with E-state index >= 15 is 0 Å². The number of halogens is 6. The molecule has 0 aliphatic heterocycles. The number of benzene rings is 2. The van der Waals surface area contributed by atoms with E-state index in [-0.39, 0.29) is 55.3 Å². The molecule has 4 rings (SSSR count). The molecule has 0 bridgehead atoms. The van der Waals surface area contributed by atoms with Gasteiger partial charge in [-0.15, -0.1) is 23.4 Å². The van der Waals surface area contributed by atoms with Crippen LogP contribution in [0.1, 0.15) is 35.0 Å². The molecule has 2 aromatic heterocycles. The molecule has 0 spiro atoms. The zero-order chi connectivity index (χ0) is 32.6. The second-order valence-corrected chi connectivity index (χ2v) is 9.74. The second-order valence-electron chi connectivity index (χ2n) is 9.74. The summed E-state index contributed by atoms with van der Waals surface area (Å²) in [4.78, 5) is 24.7. The number of carbonyl (C=O) groups is 2. The average Bonchev–Trinajstić information content (AvgIpc) is 3.58. The smallest absolute Gasteiger partial charge is 0.433 e. The summed E-state index contributed by atoms with van der Waals surface area (Å²) in [6.07, 6.45) is -7.32. The minimum absolute atomic E-state index is 0.00911. The van der Waals surface area contributed by atoms with Gasteiger partial charge in [0.15, 0.2) is 11.5 Å². The van der Waals surface area contributed by atoms with Crippen LogP contribution in [0.2, 0.25) is 0 Å². The lowest BCUT2D eigenvalue weighted by Gasteiger charge is -2.13. The van der Waals surface area contributed by atoms with E-state index in [2.05, 4.69) is 40.7 Å². The quantitative estimate of drug-likeness (QED) is 0.195. The SMILES string of the molecule is CC(F)(F)Oc1cccc(CNC(=O)c2cn(CCC(F)Cn3cc(NC(=O)Cc4cccc(OC(F)(F)F)c4)nn3)nn2)c1. The summed E-state index contributed by atoms with van der Waals surface area (Å²) in [6, 6.07) is 10.8. The van der Waals surface area contributed by atoms with Gasteiger partial charge < -0.3 is 20.1 Å². The van der Waals surface area contributed by atoms with Crippen LogP contribution in [-0.4, -0.2) is 60.4 Å². The molecule has 18 heteroatoms. The van der Waals surface area contributed by atoms with Gasteiger partial charge in [0, 0.05) is 26.4 Å². The van der Waals surface area contributed by atoms with Gasteiger partial charge in [-0.05, 0) is 35.4 Å². The molecule has 12 nitrogen and oxygen atoms in total. The van der Waals surface area contributed by atoms with Crippen LogP contribution < -0.4 is 20.1 Å². The standard InChI is InChI=1S/C27H26F6N8O4/c1-26(29,30)44-20-6-3-5-18(11-20)13-34-25(43)22-15-40(38-36-22)9-8-19(28)14-41-16-23(37-39-41)35-24(42)12-17-4-2-7-21(10-17)45-27(31,32)33/h2-7,10-11,15-16,19H,8-9,12-14H2,1H3,(H,34,43)(H,35,42). The van der Waals surface area contributed by atoms with Crippen molar-refractivity contribution in [3.8, 4) is 11.5 Å². The molecule has 0 aliphatic carbocycles. The summed E-state index contributed by atoms with van der Waals surface area (Å²) in [7, 11) is 0. The lowest BCUT2D eigenvalue weighted by Crippen LogP contribution is -2.23. The summed E-state index contributed by atoms with van der Waals surface area (Å²) in [5.74, 6) is -1.67. The molecule has 0 saturated carbocycles. The lowest BCUT2D eigenvalue weighted by atomic mass is 10.1. The van der Waals surface area contributed by atoms with Gasteiger partial charge in [0.25, 0.3) is 5.91 Å². The number of hydrogen-bond donors (Lipinski definition) is 2. The number of alkyl halides is 6. The summed E-state index contributed by atoms with van der Waals surface area (Å²) in [5, 5.41) is 20.1. The average molecular weight is 641 g/mol. The number of aromatic nitrogens is 6. The third kappa shape index (κ3) is 11.1. The topological polar surface area (TPSA) is 138 Å². The Balaban J connectivity index is 1.19. The van der Waals surface area contributed by atoms with E-state index in [9.17, 15) is 35.9 Å². The minimum atomic E-state index is -4.86. The number of nitrogens with one attached hydrogen (secondary N) is 2. The predicted molar refractivity (Wildman–Crippen MR) is 144 cm³/mol. The van der Waals surface area contributed by atoms with Gasteiger partial charge in [0.05, 0.1) is 25.4 Å². The van der Waals surface area contributed by atoms with Crippen molar-refractivity contribution in [1.29, 1.82) is 0 Å².